The largest absolute Gasteiger partial charge is 0.349 e. The highest BCUT2D eigenvalue weighted by atomic mass is 79.9. The van der Waals surface area contributed by atoms with Gasteiger partial charge in [-0.25, -0.2) is 0 Å². The first-order valence-corrected chi connectivity index (χ1v) is 7.46. The van der Waals surface area contributed by atoms with E-state index in [1.807, 2.05) is 25.3 Å². The summed E-state index contributed by atoms with van der Waals surface area (Å²) in [5, 5.41) is 2.94. The molecular weight excluding hydrogens is 306 g/mol. The summed E-state index contributed by atoms with van der Waals surface area (Å²) < 4.78 is 0.791. The first-order chi connectivity index (χ1) is 7.54. The molecule has 0 heterocycles. The van der Waals surface area contributed by atoms with Crippen molar-refractivity contribution in [2.75, 3.05) is 12.0 Å². The SMILES string of the molecule is CSCC(C)NC(=O)c1cc(S)ccc1Br. The number of rotatable bonds is 4. The van der Waals surface area contributed by atoms with E-state index in [0.717, 1.165) is 15.1 Å². The third-order valence-electron chi connectivity index (χ3n) is 1.99. The molecular formula is C11H14BrNOS2. The van der Waals surface area contributed by atoms with Gasteiger partial charge in [-0.3, -0.25) is 4.79 Å². The molecule has 0 saturated carbocycles. The number of carbonyl (C=O) groups excluding carboxylic acids is 1. The van der Waals surface area contributed by atoms with Crippen LogP contribution in [0.4, 0.5) is 0 Å². The molecule has 88 valence electrons. The summed E-state index contributed by atoms with van der Waals surface area (Å²) in [6, 6.07) is 5.60. The van der Waals surface area contributed by atoms with Gasteiger partial charge in [0.2, 0.25) is 0 Å². The molecule has 2 nitrogen and oxygen atoms in total. The van der Waals surface area contributed by atoms with E-state index in [4.69, 9.17) is 0 Å². The average molecular weight is 320 g/mol. The molecule has 0 spiro atoms. The summed E-state index contributed by atoms with van der Waals surface area (Å²) >= 11 is 9.30. The minimum absolute atomic E-state index is 0.0654. The van der Waals surface area contributed by atoms with E-state index < -0.39 is 0 Å². The van der Waals surface area contributed by atoms with Gasteiger partial charge in [0.25, 0.3) is 5.91 Å². The van der Waals surface area contributed by atoms with Gasteiger partial charge in [0, 0.05) is 21.2 Å². The molecule has 0 radical (unpaired) electrons. The van der Waals surface area contributed by atoms with Gasteiger partial charge in [-0.2, -0.15) is 11.8 Å². The second-order valence-electron chi connectivity index (χ2n) is 3.49. The molecule has 5 heteroatoms. The number of benzene rings is 1. The molecule has 0 aliphatic heterocycles. The molecule has 0 aliphatic rings. The Morgan fingerprint density at radius 3 is 2.94 bits per heavy atom. The van der Waals surface area contributed by atoms with E-state index in [0.29, 0.717) is 5.56 Å². The number of carbonyl (C=O) groups is 1. The number of nitrogens with one attached hydrogen (secondary N) is 1. The minimum atomic E-state index is -0.0654. The number of thiol groups is 1. The Morgan fingerprint density at radius 1 is 1.62 bits per heavy atom. The highest BCUT2D eigenvalue weighted by Gasteiger charge is 2.12. The predicted molar refractivity (Wildman–Crippen MR) is 76.7 cm³/mol. The first kappa shape index (κ1) is 13.9. The van der Waals surface area contributed by atoms with Crippen LogP contribution in [0.5, 0.6) is 0 Å². The highest BCUT2D eigenvalue weighted by molar-refractivity contribution is 9.10. The van der Waals surface area contributed by atoms with Crippen LogP contribution in [0.3, 0.4) is 0 Å². The lowest BCUT2D eigenvalue weighted by Crippen LogP contribution is -2.34. The number of hydrogen-bond donors (Lipinski definition) is 2. The smallest absolute Gasteiger partial charge is 0.252 e. The van der Waals surface area contributed by atoms with Crippen LogP contribution in [0, 0.1) is 0 Å². The summed E-state index contributed by atoms with van der Waals surface area (Å²) in [7, 11) is 0. The normalized spacial score (nSPS) is 12.2. The molecule has 0 fully saturated rings. The molecule has 1 amide bonds. The van der Waals surface area contributed by atoms with Gasteiger partial charge in [-0.15, -0.1) is 12.6 Å². The van der Waals surface area contributed by atoms with Crippen molar-refractivity contribution < 1.29 is 4.79 Å². The van der Waals surface area contributed by atoms with Crippen molar-refractivity contribution in [2.24, 2.45) is 0 Å². The third kappa shape index (κ3) is 4.03. The van der Waals surface area contributed by atoms with Crippen molar-refractivity contribution in [3.05, 3.63) is 28.2 Å². The number of halogens is 1. The Kier molecular flexibility index (Phi) is 5.72. The molecule has 1 N–H and O–H groups in total. The molecule has 0 aromatic heterocycles. The van der Waals surface area contributed by atoms with Crippen LogP contribution < -0.4 is 5.32 Å². The quantitative estimate of drug-likeness (QED) is 0.834. The fourth-order valence-electron chi connectivity index (χ4n) is 1.28. The van der Waals surface area contributed by atoms with Gasteiger partial charge in [0.05, 0.1) is 5.56 Å². The van der Waals surface area contributed by atoms with Crippen LogP contribution in [-0.4, -0.2) is 24.0 Å². The lowest BCUT2D eigenvalue weighted by molar-refractivity contribution is 0.0943. The zero-order valence-electron chi connectivity index (χ0n) is 9.16. The number of amides is 1. The van der Waals surface area contributed by atoms with Crippen molar-refractivity contribution >= 4 is 46.2 Å². The summed E-state index contributed by atoms with van der Waals surface area (Å²) in [5.41, 5.74) is 0.625. The second kappa shape index (κ2) is 6.57. The van der Waals surface area contributed by atoms with Crippen LogP contribution in [0.25, 0.3) is 0 Å². The van der Waals surface area contributed by atoms with Gasteiger partial charge in [0.15, 0.2) is 0 Å². The maximum Gasteiger partial charge on any atom is 0.252 e. The fraction of sp³-hybridized carbons (Fsp3) is 0.364. The second-order valence-corrected chi connectivity index (χ2v) is 5.78. The summed E-state index contributed by atoms with van der Waals surface area (Å²) in [6.07, 6.45) is 2.02. The summed E-state index contributed by atoms with van der Waals surface area (Å²) in [4.78, 5) is 12.7. The van der Waals surface area contributed by atoms with Crippen molar-refractivity contribution in [2.45, 2.75) is 17.9 Å². The first-order valence-electron chi connectivity index (χ1n) is 4.83. The lowest BCUT2D eigenvalue weighted by atomic mass is 10.2. The van der Waals surface area contributed by atoms with Crippen LogP contribution >= 0.6 is 40.3 Å². The summed E-state index contributed by atoms with van der Waals surface area (Å²) in [5.74, 6) is 0.841. The van der Waals surface area contributed by atoms with Gasteiger partial charge in [-0.05, 0) is 47.3 Å². The Bertz CT molecular complexity index is 384. The Hall–Kier alpha value is -0.130. The highest BCUT2D eigenvalue weighted by Crippen LogP contribution is 2.20. The van der Waals surface area contributed by atoms with E-state index in [1.54, 1.807) is 17.8 Å². The van der Waals surface area contributed by atoms with E-state index in [-0.39, 0.29) is 11.9 Å². The van der Waals surface area contributed by atoms with Gasteiger partial charge in [-0.1, -0.05) is 0 Å². The van der Waals surface area contributed by atoms with Crippen molar-refractivity contribution in [3.8, 4) is 0 Å². The molecule has 16 heavy (non-hydrogen) atoms. The minimum Gasteiger partial charge on any atom is -0.349 e. The van der Waals surface area contributed by atoms with Crippen LogP contribution in [-0.2, 0) is 0 Å². The molecule has 0 saturated heterocycles. The molecule has 1 atom stereocenters. The maximum absolute atomic E-state index is 11.9. The molecule has 1 aromatic carbocycles. The van der Waals surface area contributed by atoms with Gasteiger partial charge in [0.1, 0.15) is 0 Å². The zero-order chi connectivity index (χ0) is 12.1. The van der Waals surface area contributed by atoms with Crippen molar-refractivity contribution in [1.82, 2.24) is 5.32 Å². The number of hydrogen-bond acceptors (Lipinski definition) is 3. The molecule has 1 rings (SSSR count). The fourth-order valence-corrected chi connectivity index (χ4v) is 2.49. The van der Waals surface area contributed by atoms with Crippen LogP contribution in [0.2, 0.25) is 0 Å². The zero-order valence-corrected chi connectivity index (χ0v) is 12.5. The topological polar surface area (TPSA) is 29.1 Å². The molecule has 0 aliphatic carbocycles. The Balaban J connectivity index is 2.76. The number of thioether (sulfide) groups is 1. The van der Waals surface area contributed by atoms with Crippen LogP contribution in [0.15, 0.2) is 27.6 Å². The Labute approximate surface area is 114 Å². The van der Waals surface area contributed by atoms with E-state index >= 15 is 0 Å². The van der Waals surface area contributed by atoms with E-state index in [9.17, 15) is 4.79 Å². The molecule has 1 aromatic rings. The predicted octanol–water partition coefficient (Wildman–Crippen LogP) is 3.22. The monoisotopic (exact) mass is 319 g/mol. The molecule has 1 unspecified atom stereocenters. The maximum atomic E-state index is 11.9. The lowest BCUT2D eigenvalue weighted by Gasteiger charge is -2.13. The van der Waals surface area contributed by atoms with Crippen LogP contribution in [0.1, 0.15) is 17.3 Å². The van der Waals surface area contributed by atoms with E-state index in [2.05, 4.69) is 33.9 Å². The van der Waals surface area contributed by atoms with Gasteiger partial charge >= 0.3 is 0 Å². The van der Waals surface area contributed by atoms with E-state index in [1.165, 1.54) is 0 Å². The van der Waals surface area contributed by atoms with Crippen molar-refractivity contribution in [1.29, 1.82) is 0 Å². The summed E-state index contributed by atoms with van der Waals surface area (Å²) in [6.45, 7) is 1.99. The van der Waals surface area contributed by atoms with Crippen molar-refractivity contribution in [3.63, 3.8) is 0 Å². The Morgan fingerprint density at radius 2 is 2.31 bits per heavy atom. The average Bonchev–Trinajstić information content (AvgIpc) is 2.21. The van der Waals surface area contributed by atoms with Gasteiger partial charge < -0.3 is 5.32 Å². The molecule has 0 bridgehead atoms. The third-order valence-corrected chi connectivity index (χ3v) is 3.79. The standard InChI is InChI=1S/C11H14BrNOS2/c1-7(6-16-2)13-11(14)9-5-8(15)3-4-10(9)12/h3-5,7,15H,6H2,1-2H3,(H,13,14).